The molecule has 10 amide bonds. The van der Waals surface area contributed by atoms with E-state index in [0.29, 0.717) is 16.5 Å². The number of aliphatic hydroxyl groups excluding tert-OH is 4. The summed E-state index contributed by atoms with van der Waals surface area (Å²) in [5.74, 6) is -14.1. The number of rotatable bonds is 30. The van der Waals surface area contributed by atoms with Crippen LogP contribution in [-0.4, -0.2) is 198 Å². The summed E-state index contributed by atoms with van der Waals surface area (Å²) in [6, 6.07) is -8.61. The maximum Gasteiger partial charge on any atom is 0.328 e. The summed E-state index contributed by atoms with van der Waals surface area (Å²) >= 11 is 0. The van der Waals surface area contributed by atoms with Crippen molar-refractivity contribution in [3.8, 4) is 0 Å². The highest BCUT2D eigenvalue weighted by Crippen LogP contribution is 2.23. The lowest BCUT2D eigenvalue weighted by Gasteiger charge is -2.31. The third-order valence-corrected chi connectivity index (χ3v) is 11.7. The monoisotopic (exact) mass is 1050 g/mol. The number of primary amides is 2. The van der Waals surface area contributed by atoms with Crippen molar-refractivity contribution in [1.29, 1.82) is 0 Å². The Bertz CT molecular complexity index is 2400. The van der Waals surface area contributed by atoms with Gasteiger partial charge in [0.1, 0.15) is 42.3 Å². The molecule has 30 heteroatoms. The normalized spacial score (nSPS) is 17.3. The van der Waals surface area contributed by atoms with Crippen molar-refractivity contribution in [2.75, 3.05) is 19.8 Å². The van der Waals surface area contributed by atoms with Crippen LogP contribution in [0.15, 0.2) is 30.5 Å². The van der Waals surface area contributed by atoms with Crippen molar-refractivity contribution in [3.05, 3.63) is 36.0 Å². The van der Waals surface area contributed by atoms with Crippen LogP contribution in [0.1, 0.15) is 64.4 Å². The summed E-state index contributed by atoms with van der Waals surface area (Å²) in [7, 11) is 0. The van der Waals surface area contributed by atoms with Crippen LogP contribution in [0.2, 0.25) is 0 Å². The molecule has 2 aromatic rings. The fraction of sp³-hybridized carbons (Fsp3) is 0.545. The van der Waals surface area contributed by atoms with Crippen LogP contribution < -0.4 is 54.4 Å². The molecule has 3 rings (SSSR count). The van der Waals surface area contributed by atoms with Crippen LogP contribution in [0.4, 0.5) is 0 Å². The minimum absolute atomic E-state index is 0.0125. The van der Waals surface area contributed by atoms with E-state index in [4.69, 9.17) is 17.2 Å². The van der Waals surface area contributed by atoms with Gasteiger partial charge in [-0.25, -0.2) is 4.79 Å². The van der Waals surface area contributed by atoms with Crippen molar-refractivity contribution >= 4 is 81.9 Å². The van der Waals surface area contributed by atoms with Gasteiger partial charge in [0, 0.05) is 42.9 Å². The zero-order valence-electron chi connectivity index (χ0n) is 40.3. The molecule has 11 atom stereocenters. The van der Waals surface area contributed by atoms with Gasteiger partial charge in [-0.2, -0.15) is 0 Å². The molecule has 408 valence electrons. The number of aromatic amines is 1. The van der Waals surface area contributed by atoms with Gasteiger partial charge < -0.3 is 94.9 Å². The van der Waals surface area contributed by atoms with Gasteiger partial charge in [0.2, 0.25) is 59.1 Å². The third kappa shape index (κ3) is 17.7. The Labute approximate surface area is 421 Å². The van der Waals surface area contributed by atoms with Gasteiger partial charge in [-0.15, -0.1) is 0 Å². The van der Waals surface area contributed by atoms with Crippen LogP contribution >= 0.6 is 0 Å². The van der Waals surface area contributed by atoms with Crippen LogP contribution in [0, 0.1) is 0 Å². The highest BCUT2D eigenvalue weighted by Gasteiger charge is 2.41. The van der Waals surface area contributed by atoms with Gasteiger partial charge in [-0.1, -0.05) is 18.2 Å². The SMILES string of the molecule is C[C@@H](O)[C@H](NC(=O)[C@@H](NC(=O)[C@@H]1CCCN1C(=O)[C@H](Cc1c[nH]c2ccccc12)NC(=O)[C@H](CO)NC(=O)[C@H](CC(=O)O)NC(=O)[C@H](CO)NC(=O)[C@H](CCC(N)=O)NC(=O)[C@@H](N)CCC(N)=O)[C@@H](C)O)C(=O)O. The highest BCUT2D eigenvalue weighted by molar-refractivity contribution is 5.99. The maximum absolute atomic E-state index is 14.5. The molecule has 0 unspecified atom stereocenters. The Morgan fingerprint density at radius 2 is 1.18 bits per heavy atom. The molecule has 1 aliphatic heterocycles. The van der Waals surface area contributed by atoms with Crippen LogP contribution in [-0.2, 0) is 64.0 Å². The first kappa shape index (κ1) is 60.5. The highest BCUT2D eigenvalue weighted by atomic mass is 16.4. The van der Waals surface area contributed by atoms with Crippen molar-refractivity contribution in [2.45, 2.75) is 132 Å². The van der Waals surface area contributed by atoms with E-state index in [-0.39, 0.29) is 38.6 Å². The molecular weight excluding hydrogens is 985 g/mol. The van der Waals surface area contributed by atoms with Gasteiger partial charge in [0.15, 0.2) is 6.04 Å². The lowest BCUT2D eigenvalue weighted by Crippen LogP contribution is -2.62. The molecule has 1 saturated heterocycles. The minimum atomic E-state index is -2.08. The van der Waals surface area contributed by atoms with Crippen LogP contribution in [0.25, 0.3) is 10.9 Å². The first-order valence-electron chi connectivity index (χ1n) is 23.1. The second kappa shape index (κ2) is 28.4. The number of aromatic nitrogens is 1. The number of carbonyl (C=O) groups is 12. The quantitative estimate of drug-likeness (QED) is 0.0345. The van der Waals surface area contributed by atoms with E-state index in [2.05, 4.69) is 31.6 Å². The number of carboxylic acids is 2. The largest absolute Gasteiger partial charge is 0.481 e. The van der Waals surface area contributed by atoms with E-state index in [1.54, 1.807) is 30.5 Å². The summed E-state index contributed by atoms with van der Waals surface area (Å²) in [6.07, 6.45) is -4.31. The van der Waals surface area contributed by atoms with Gasteiger partial charge in [0.25, 0.3) is 0 Å². The number of hydrogen-bond acceptors (Lipinski definition) is 17. The predicted molar refractivity (Wildman–Crippen MR) is 253 cm³/mol. The zero-order valence-corrected chi connectivity index (χ0v) is 40.3. The van der Waals surface area contributed by atoms with Crippen molar-refractivity contribution < 1.29 is 88.2 Å². The Hall–Kier alpha value is -7.80. The van der Waals surface area contributed by atoms with E-state index in [1.165, 1.54) is 0 Å². The molecule has 30 nitrogen and oxygen atoms in total. The number of benzene rings is 1. The summed E-state index contributed by atoms with van der Waals surface area (Å²) in [6.45, 7) is -0.230. The molecule has 1 fully saturated rings. The molecule has 0 saturated carbocycles. The van der Waals surface area contributed by atoms with Gasteiger partial charge in [0.05, 0.1) is 37.9 Å². The van der Waals surface area contributed by atoms with E-state index in [0.717, 1.165) is 18.7 Å². The van der Waals surface area contributed by atoms with E-state index in [9.17, 15) is 88.2 Å². The number of nitrogens with one attached hydrogen (secondary N) is 8. The Balaban J connectivity index is 1.85. The topological polar surface area (TPSA) is 508 Å². The van der Waals surface area contributed by atoms with Crippen LogP contribution in [0.5, 0.6) is 0 Å². The first-order valence-corrected chi connectivity index (χ1v) is 23.1. The van der Waals surface area contributed by atoms with Crippen molar-refractivity contribution in [3.63, 3.8) is 0 Å². The number of amides is 10. The molecule has 1 aliphatic rings. The Morgan fingerprint density at radius 1 is 0.662 bits per heavy atom. The number of carbonyl (C=O) groups excluding carboxylic acids is 10. The second-order valence-electron chi connectivity index (χ2n) is 17.4. The average molecular weight is 1050 g/mol. The molecule has 1 aromatic carbocycles. The van der Waals surface area contributed by atoms with Gasteiger partial charge in [-0.3, -0.25) is 52.7 Å². The molecule has 74 heavy (non-hydrogen) atoms. The van der Waals surface area contributed by atoms with E-state index >= 15 is 0 Å². The lowest BCUT2D eigenvalue weighted by atomic mass is 10.0. The number of nitrogens with zero attached hydrogens (tertiary/aromatic N) is 1. The minimum Gasteiger partial charge on any atom is -0.481 e. The molecule has 0 spiro atoms. The van der Waals surface area contributed by atoms with Crippen molar-refractivity contribution in [2.24, 2.45) is 17.2 Å². The number of carboxylic acid groups (broad SMARTS) is 2. The molecule has 0 radical (unpaired) electrons. The summed E-state index contributed by atoms with van der Waals surface area (Å²) < 4.78 is 0. The summed E-state index contributed by atoms with van der Waals surface area (Å²) in [5, 5.41) is 75.7. The van der Waals surface area contributed by atoms with E-state index < -0.39 is 170 Å². The fourth-order valence-electron chi connectivity index (χ4n) is 7.63. The lowest BCUT2D eigenvalue weighted by molar-refractivity contribution is -0.146. The molecule has 0 aliphatic carbocycles. The van der Waals surface area contributed by atoms with E-state index in [1.807, 2.05) is 10.6 Å². The summed E-state index contributed by atoms with van der Waals surface area (Å²) in [5.41, 5.74) is 17.1. The van der Waals surface area contributed by atoms with Crippen LogP contribution in [0.3, 0.4) is 0 Å². The number of para-hydroxylation sites is 1. The Morgan fingerprint density at radius 3 is 1.72 bits per heavy atom. The third-order valence-electron chi connectivity index (χ3n) is 11.7. The van der Waals surface area contributed by atoms with Gasteiger partial charge in [-0.05, 0) is 51.2 Å². The molecule has 20 N–H and O–H groups in total. The fourth-order valence-corrected chi connectivity index (χ4v) is 7.63. The number of likely N-dealkylation sites (tertiary alicyclic amines) is 1. The number of nitrogens with two attached hydrogens (primary N) is 3. The molecule has 2 heterocycles. The number of H-pyrrole nitrogens is 1. The Kier molecular flexibility index (Phi) is 23.3. The van der Waals surface area contributed by atoms with Gasteiger partial charge >= 0.3 is 11.9 Å². The summed E-state index contributed by atoms with van der Waals surface area (Å²) in [4.78, 5) is 159. The second-order valence-corrected chi connectivity index (χ2v) is 17.4. The molecule has 1 aromatic heterocycles. The average Bonchev–Trinajstić information content (AvgIpc) is 4.00. The molecule has 0 bridgehead atoms. The zero-order chi connectivity index (χ0) is 55.6. The number of aliphatic hydroxyl groups is 4. The predicted octanol–water partition coefficient (Wildman–Crippen LogP) is -7.74. The number of hydrogen-bond donors (Lipinski definition) is 17. The first-order chi connectivity index (χ1) is 34.8. The maximum atomic E-state index is 14.5. The number of aliphatic carboxylic acids is 2. The number of fused-ring (bicyclic) bond motifs is 1. The standard InChI is InChI=1S/C44H64N12O18/c1-19(59)34(42(71)55-35(20(2)60)44(73)74)54-41(70)30-8-5-13-56(30)43(72)27(14-21-16-48-24-7-4-3-6-22(21)24)51-40(69)29(18-58)53-38(67)26(15-33(63)64)50-39(68)28(17-57)52-37(66)25(10-12-32(47)62)49-36(65)23(45)9-11-31(46)61/h3-4,6-7,16,19-20,23,25-30,34-35,48,57-60H,5,8-15,17-18,45H2,1-2H3,(H2,46,61)(H2,47,62)(H,49,65)(H,50,68)(H,51,69)(H,52,66)(H,53,67)(H,54,70)(H,55,71)(H,63,64)(H,73,74)/t19-,20-,23+,25+,26+,27+,28+,29+,30+,34+,35+/m1/s1. The smallest absolute Gasteiger partial charge is 0.328 e. The molecular formula is C44H64N12O18. The van der Waals surface area contributed by atoms with Crippen molar-refractivity contribution in [1.82, 2.24) is 47.1 Å².